The Morgan fingerprint density at radius 2 is 2.20 bits per heavy atom. The van der Waals surface area contributed by atoms with E-state index in [-0.39, 0.29) is 11.7 Å². The summed E-state index contributed by atoms with van der Waals surface area (Å²) in [5, 5.41) is 0. The van der Waals surface area contributed by atoms with Crippen LogP contribution in [0.4, 0.5) is 4.79 Å². The number of pyridine rings is 1. The van der Waals surface area contributed by atoms with Gasteiger partial charge in [0.1, 0.15) is 5.60 Å². The lowest BCUT2D eigenvalue weighted by molar-refractivity contribution is 0.0221. The van der Waals surface area contributed by atoms with Gasteiger partial charge in [-0.15, -0.1) is 0 Å². The van der Waals surface area contributed by atoms with Crippen LogP contribution in [0.1, 0.15) is 37.6 Å². The number of carbonyl (C=O) groups excluding carboxylic acids is 1. The lowest BCUT2D eigenvalue weighted by Crippen LogP contribution is -2.40. The molecule has 0 aromatic carbocycles. The maximum Gasteiger partial charge on any atom is 0.410 e. The fourth-order valence-electron chi connectivity index (χ4n) is 2.15. The van der Waals surface area contributed by atoms with Gasteiger partial charge in [0, 0.05) is 17.8 Å². The summed E-state index contributed by atoms with van der Waals surface area (Å²) >= 11 is 0. The van der Waals surface area contributed by atoms with Crippen LogP contribution < -0.4 is 5.56 Å². The Labute approximate surface area is 118 Å². The molecule has 0 unspecified atom stereocenters. The van der Waals surface area contributed by atoms with Crippen LogP contribution in [-0.4, -0.2) is 28.1 Å². The average molecular weight is 276 g/mol. The highest BCUT2D eigenvalue weighted by molar-refractivity contribution is 5.68. The number of nitrogens with zero attached hydrogens (tertiary/aromatic N) is 1. The highest BCUT2D eigenvalue weighted by atomic mass is 16.6. The van der Waals surface area contributed by atoms with Gasteiger partial charge in [-0.2, -0.15) is 0 Å². The van der Waals surface area contributed by atoms with Crippen LogP contribution >= 0.6 is 0 Å². The normalized spacial score (nSPS) is 14.7. The standard InChI is InChI=1S/C15H20N2O3/c1-5-10-8-11-6-7-17(9-12(11)16-13(10)18)14(19)20-15(2,3)4/h5,8H,1,6-7,9H2,2-4H3,(H,16,18). The molecule has 20 heavy (non-hydrogen) atoms. The molecule has 0 spiro atoms. The van der Waals surface area contributed by atoms with Crippen molar-refractivity contribution in [2.75, 3.05) is 6.54 Å². The van der Waals surface area contributed by atoms with E-state index in [1.165, 1.54) is 0 Å². The molecule has 0 saturated heterocycles. The number of rotatable bonds is 1. The molecule has 0 fully saturated rings. The topological polar surface area (TPSA) is 62.4 Å². The van der Waals surface area contributed by atoms with Crippen LogP contribution in [0.25, 0.3) is 6.08 Å². The summed E-state index contributed by atoms with van der Waals surface area (Å²) in [5.74, 6) is 0. The van der Waals surface area contributed by atoms with Crippen molar-refractivity contribution in [3.05, 3.63) is 39.8 Å². The van der Waals surface area contributed by atoms with E-state index >= 15 is 0 Å². The fraction of sp³-hybridized carbons (Fsp3) is 0.467. The quantitative estimate of drug-likeness (QED) is 0.856. The molecule has 5 heteroatoms. The first-order valence-corrected chi connectivity index (χ1v) is 6.65. The number of aromatic amines is 1. The molecule has 0 aliphatic carbocycles. The first-order valence-electron chi connectivity index (χ1n) is 6.65. The predicted octanol–water partition coefficient (Wildman–Crippen LogP) is 2.31. The molecule has 108 valence electrons. The smallest absolute Gasteiger partial charge is 0.410 e. The highest BCUT2D eigenvalue weighted by Crippen LogP contribution is 2.19. The third-order valence-corrected chi connectivity index (χ3v) is 3.12. The third-order valence-electron chi connectivity index (χ3n) is 3.12. The highest BCUT2D eigenvalue weighted by Gasteiger charge is 2.26. The van der Waals surface area contributed by atoms with Crippen LogP contribution in [0.5, 0.6) is 0 Å². The van der Waals surface area contributed by atoms with Crippen molar-refractivity contribution >= 4 is 12.2 Å². The first kappa shape index (κ1) is 14.4. The molecule has 1 N–H and O–H groups in total. The Morgan fingerprint density at radius 3 is 2.80 bits per heavy atom. The van der Waals surface area contributed by atoms with E-state index in [2.05, 4.69) is 11.6 Å². The summed E-state index contributed by atoms with van der Waals surface area (Å²) < 4.78 is 5.35. The van der Waals surface area contributed by atoms with Gasteiger partial charge in [0.05, 0.1) is 6.54 Å². The lowest BCUT2D eigenvalue weighted by atomic mass is 10.0. The maximum absolute atomic E-state index is 12.0. The number of amides is 1. The van der Waals surface area contributed by atoms with Gasteiger partial charge in [0.15, 0.2) is 0 Å². The monoisotopic (exact) mass is 276 g/mol. The summed E-state index contributed by atoms with van der Waals surface area (Å²) in [6.07, 6.45) is 1.89. The SMILES string of the molecule is C=Cc1cc2c([nH]c1=O)CN(C(=O)OC(C)(C)C)CC2. The van der Waals surface area contributed by atoms with E-state index < -0.39 is 5.60 Å². The van der Waals surface area contributed by atoms with Crippen LogP contribution in [0, 0.1) is 0 Å². The second kappa shape index (κ2) is 5.15. The second-order valence-corrected chi connectivity index (χ2v) is 5.91. The average Bonchev–Trinajstić information content (AvgIpc) is 2.35. The molecule has 0 bridgehead atoms. The Hall–Kier alpha value is -2.04. The Balaban J connectivity index is 2.19. The van der Waals surface area contributed by atoms with Crippen molar-refractivity contribution in [3.8, 4) is 0 Å². The largest absolute Gasteiger partial charge is 0.444 e. The van der Waals surface area contributed by atoms with Crippen LogP contribution in [0.3, 0.4) is 0 Å². The van der Waals surface area contributed by atoms with Crippen LogP contribution in [0.2, 0.25) is 0 Å². The maximum atomic E-state index is 12.0. The molecule has 1 aliphatic heterocycles. The summed E-state index contributed by atoms with van der Waals surface area (Å²) in [5.41, 5.74) is 1.70. The number of nitrogens with one attached hydrogen (secondary N) is 1. The number of H-pyrrole nitrogens is 1. The molecule has 1 aromatic heterocycles. The van der Waals surface area contributed by atoms with Gasteiger partial charge in [-0.1, -0.05) is 12.7 Å². The summed E-state index contributed by atoms with van der Waals surface area (Å²) in [7, 11) is 0. The number of aromatic nitrogens is 1. The zero-order valence-corrected chi connectivity index (χ0v) is 12.2. The third kappa shape index (κ3) is 3.10. The number of hydrogen-bond acceptors (Lipinski definition) is 3. The predicted molar refractivity (Wildman–Crippen MR) is 77.5 cm³/mol. The summed E-state index contributed by atoms with van der Waals surface area (Å²) in [6.45, 7) is 10.1. The zero-order valence-electron chi connectivity index (χ0n) is 12.2. The lowest BCUT2D eigenvalue weighted by Gasteiger charge is -2.31. The van der Waals surface area contributed by atoms with E-state index in [0.717, 1.165) is 11.3 Å². The van der Waals surface area contributed by atoms with Gasteiger partial charge in [-0.3, -0.25) is 4.79 Å². The van der Waals surface area contributed by atoms with Gasteiger partial charge in [-0.25, -0.2) is 4.79 Å². The minimum atomic E-state index is -0.516. The second-order valence-electron chi connectivity index (χ2n) is 5.91. The van der Waals surface area contributed by atoms with Crippen molar-refractivity contribution < 1.29 is 9.53 Å². The molecule has 5 nitrogen and oxygen atoms in total. The zero-order chi connectivity index (χ0) is 14.9. The van der Waals surface area contributed by atoms with Crippen LogP contribution in [-0.2, 0) is 17.7 Å². The molecule has 1 aromatic rings. The van der Waals surface area contributed by atoms with E-state index in [4.69, 9.17) is 4.74 Å². The molecule has 2 heterocycles. The van der Waals surface area contributed by atoms with E-state index in [1.807, 2.05) is 26.8 Å². The van der Waals surface area contributed by atoms with Gasteiger partial charge in [-0.05, 0) is 38.8 Å². The number of ether oxygens (including phenoxy) is 1. The Bertz CT molecular complexity index is 596. The molecule has 1 amide bonds. The Morgan fingerprint density at radius 1 is 1.50 bits per heavy atom. The molecule has 0 atom stereocenters. The Kier molecular flexibility index (Phi) is 3.70. The fourth-order valence-corrected chi connectivity index (χ4v) is 2.15. The van der Waals surface area contributed by atoms with E-state index in [1.54, 1.807) is 11.0 Å². The van der Waals surface area contributed by atoms with Gasteiger partial charge in [0.2, 0.25) is 0 Å². The molecular weight excluding hydrogens is 256 g/mol. The summed E-state index contributed by atoms with van der Waals surface area (Å²) in [4.78, 5) is 28.2. The number of fused-ring (bicyclic) bond motifs is 1. The number of carbonyl (C=O) groups is 1. The van der Waals surface area contributed by atoms with Crippen LogP contribution in [0.15, 0.2) is 17.4 Å². The van der Waals surface area contributed by atoms with E-state index in [0.29, 0.717) is 25.1 Å². The minimum absolute atomic E-state index is 0.176. The minimum Gasteiger partial charge on any atom is -0.444 e. The number of hydrogen-bond donors (Lipinski definition) is 1. The molecule has 0 radical (unpaired) electrons. The molecule has 1 aliphatic rings. The van der Waals surface area contributed by atoms with Crippen molar-refractivity contribution in [2.24, 2.45) is 0 Å². The van der Waals surface area contributed by atoms with E-state index in [9.17, 15) is 9.59 Å². The van der Waals surface area contributed by atoms with Crippen molar-refractivity contribution in [3.63, 3.8) is 0 Å². The van der Waals surface area contributed by atoms with Gasteiger partial charge < -0.3 is 14.6 Å². The summed E-state index contributed by atoms with van der Waals surface area (Å²) in [6, 6.07) is 1.84. The molecular formula is C15H20N2O3. The van der Waals surface area contributed by atoms with Crippen molar-refractivity contribution in [2.45, 2.75) is 39.3 Å². The van der Waals surface area contributed by atoms with Crippen molar-refractivity contribution in [1.82, 2.24) is 9.88 Å². The van der Waals surface area contributed by atoms with Crippen molar-refractivity contribution in [1.29, 1.82) is 0 Å². The first-order chi connectivity index (χ1) is 9.30. The van der Waals surface area contributed by atoms with Gasteiger partial charge >= 0.3 is 6.09 Å². The molecule has 2 rings (SSSR count). The molecule has 0 saturated carbocycles. The van der Waals surface area contributed by atoms with Gasteiger partial charge in [0.25, 0.3) is 5.56 Å².